The molecule has 0 aromatic carbocycles. The Morgan fingerprint density at radius 1 is 1.27 bits per heavy atom. The van der Waals surface area contributed by atoms with Crippen LogP contribution in [-0.2, 0) is 11.0 Å². The second-order valence-corrected chi connectivity index (χ2v) is 7.32. The van der Waals surface area contributed by atoms with Gasteiger partial charge in [0.1, 0.15) is 11.0 Å². The van der Waals surface area contributed by atoms with Crippen molar-refractivity contribution in [3.63, 3.8) is 0 Å². The van der Waals surface area contributed by atoms with E-state index in [1.165, 1.54) is 32.1 Å². The number of hydrogen-bond acceptors (Lipinski definition) is 1. The maximum Gasteiger partial charge on any atom is 0.144 e. The number of nitrogens with zero attached hydrogens (tertiary/aromatic N) is 1. The first kappa shape index (κ1) is 12.9. The Hall–Kier alpha value is -0.180. The molecule has 0 aromatic rings. The number of rotatable bonds is 3. The Morgan fingerprint density at radius 2 is 1.87 bits per heavy atom. The van der Waals surface area contributed by atoms with Crippen molar-refractivity contribution in [2.75, 3.05) is 0 Å². The molecular formula is C12H23NOS. The molecule has 1 atom stereocenters. The van der Waals surface area contributed by atoms with Gasteiger partial charge < -0.3 is 0 Å². The van der Waals surface area contributed by atoms with Crippen LogP contribution in [0.2, 0.25) is 0 Å². The Labute approximate surface area is 96.2 Å². The molecule has 0 radical (unpaired) electrons. The smallest absolute Gasteiger partial charge is 0.144 e. The predicted molar refractivity (Wildman–Crippen MR) is 67.6 cm³/mol. The van der Waals surface area contributed by atoms with E-state index >= 15 is 0 Å². The normalized spacial score (nSPS) is 22.1. The molecule has 0 spiro atoms. The van der Waals surface area contributed by atoms with E-state index in [1.807, 2.05) is 27.0 Å². The van der Waals surface area contributed by atoms with Crippen LogP contribution in [0.25, 0.3) is 0 Å². The lowest BCUT2D eigenvalue weighted by molar-refractivity contribution is 0.370. The summed E-state index contributed by atoms with van der Waals surface area (Å²) < 4.78 is 15.5. The van der Waals surface area contributed by atoms with Crippen LogP contribution in [0.3, 0.4) is 0 Å². The van der Waals surface area contributed by atoms with Crippen molar-refractivity contribution in [3.8, 4) is 0 Å². The van der Waals surface area contributed by atoms with E-state index in [1.54, 1.807) is 0 Å². The molecule has 0 heterocycles. The molecule has 15 heavy (non-hydrogen) atoms. The van der Waals surface area contributed by atoms with Gasteiger partial charge >= 0.3 is 0 Å². The second kappa shape index (κ2) is 5.78. The Balaban J connectivity index is 2.29. The second-order valence-electron chi connectivity index (χ2n) is 5.39. The third-order valence-electron chi connectivity index (χ3n) is 2.86. The highest BCUT2D eigenvalue weighted by Crippen LogP contribution is 2.25. The van der Waals surface area contributed by atoms with Crippen LogP contribution >= 0.6 is 0 Å². The van der Waals surface area contributed by atoms with Gasteiger partial charge in [-0.3, -0.25) is 0 Å². The molecule has 0 N–H and O–H groups in total. The summed E-state index contributed by atoms with van der Waals surface area (Å²) >= 11 is 0. The lowest BCUT2D eigenvalue weighted by atomic mass is 9.87. The van der Waals surface area contributed by atoms with Crippen molar-refractivity contribution in [1.82, 2.24) is 0 Å². The summed E-state index contributed by atoms with van der Waals surface area (Å²) in [4.78, 5) is 0. The first-order chi connectivity index (χ1) is 7.00. The van der Waals surface area contributed by atoms with E-state index in [4.69, 9.17) is 0 Å². The van der Waals surface area contributed by atoms with Gasteiger partial charge in [0.05, 0.1) is 4.75 Å². The molecule has 1 aliphatic carbocycles. The van der Waals surface area contributed by atoms with Crippen molar-refractivity contribution in [2.45, 2.75) is 64.0 Å². The first-order valence-corrected chi connectivity index (χ1v) is 7.05. The van der Waals surface area contributed by atoms with Crippen molar-refractivity contribution in [1.29, 1.82) is 0 Å². The molecule has 0 bridgehead atoms. The summed E-state index contributed by atoms with van der Waals surface area (Å²) in [5, 5.41) is 0. The largest absolute Gasteiger partial charge is 0.234 e. The van der Waals surface area contributed by atoms with Gasteiger partial charge in [-0.25, -0.2) is 4.21 Å². The van der Waals surface area contributed by atoms with E-state index in [-0.39, 0.29) is 4.75 Å². The van der Waals surface area contributed by atoms with Crippen LogP contribution in [0.5, 0.6) is 0 Å². The third-order valence-corrected chi connectivity index (χ3v) is 4.25. The van der Waals surface area contributed by atoms with E-state index in [0.717, 1.165) is 12.3 Å². The van der Waals surface area contributed by atoms with Crippen LogP contribution < -0.4 is 0 Å². The molecule has 0 amide bonds. The van der Waals surface area contributed by atoms with E-state index in [9.17, 15) is 4.21 Å². The highest BCUT2D eigenvalue weighted by molar-refractivity contribution is 7.85. The molecule has 1 fully saturated rings. The minimum atomic E-state index is -1.07. The van der Waals surface area contributed by atoms with Gasteiger partial charge in [-0.1, -0.05) is 32.1 Å². The van der Waals surface area contributed by atoms with Gasteiger partial charge in [0, 0.05) is 6.21 Å². The molecule has 88 valence electrons. The van der Waals surface area contributed by atoms with Crippen molar-refractivity contribution in [2.24, 2.45) is 10.3 Å². The fraction of sp³-hybridized carbons (Fsp3) is 0.917. The zero-order valence-electron chi connectivity index (χ0n) is 10.2. The highest BCUT2D eigenvalue weighted by Gasteiger charge is 2.18. The van der Waals surface area contributed by atoms with Crippen LogP contribution in [0, 0.1) is 5.92 Å². The van der Waals surface area contributed by atoms with Gasteiger partial charge in [-0.15, -0.1) is 0 Å². The molecule has 3 heteroatoms. The summed E-state index contributed by atoms with van der Waals surface area (Å²) in [5.74, 6) is 0.791. The van der Waals surface area contributed by atoms with Gasteiger partial charge in [0.2, 0.25) is 0 Å². The summed E-state index contributed by atoms with van der Waals surface area (Å²) in [6.45, 7) is 5.88. The minimum Gasteiger partial charge on any atom is -0.234 e. The van der Waals surface area contributed by atoms with E-state index < -0.39 is 11.0 Å². The van der Waals surface area contributed by atoms with Crippen LogP contribution in [0.15, 0.2) is 4.40 Å². The number of hydrogen-bond donors (Lipinski definition) is 0. The molecule has 1 saturated carbocycles. The zero-order chi connectivity index (χ0) is 11.3. The average molecular weight is 229 g/mol. The quantitative estimate of drug-likeness (QED) is 0.681. The Morgan fingerprint density at radius 3 is 2.40 bits per heavy atom. The lowest BCUT2D eigenvalue weighted by Gasteiger charge is -2.19. The molecule has 1 rings (SSSR count). The van der Waals surface area contributed by atoms with Crippen LogP contribution in [-0.4, -0.2) is 15.2 Å². The zero-order valence-corrected chi connectivity index (χ0v) is 11.0. The molecule has 1 aliphatic rings. The summed E-state index contributed by atoms with van der Waals surface area (Å²) in [7, 11) is -1.07. The highest BCUT2D eigenvalue weighted by atomic mass is 32.2. The van der Waals surface area contributed by atoms with Crippen LogP contribution in [0.1, 0.15) is 59.3 Å². The SMILES string of the molecule is CC(C)(C)[S@@](=O)N=CCC1CCCCC1. The fourth-order valence-electron chi connectivity index (χ4n) is 1.84. The first-order valence-electron chi connectivity index (χ1n) is 5.94. The van der Waals surface area contributed by atoms with Crippen molar-refractivity contribution < 1.29 is 4.21 Å². The van der Waals surface area contributed by atoms with Crippen molar-refractivity contribution >= 4 is 17.2 Å². The standard InChI is InChI=1S/C12H23NOS/c1-12(2,3)15(14)13-10-9-11-7-5-4-6-8-11/h10-11H,4-9H2,1-3H3/t15-/m1/s1. The molecular weight excluding hydrogens is 206 g/mol. The summed E-state index contributed by atoms with van der Waals surface area (Å²) in [6, 6.07) is 0. The summed E-state index contributed by atoms with van der Waals surface area (Å²) in [6.07, 6.45) is 9.67. The van der Waals surface area contributed by atoms with Gasteiger partial charge in [-0.2, -0.15) is 4.40 Å². The minimum absolute atomic E-state index is 0.219. The maximum atomic E-state index is 11.6. The molecule has 0 aromatic heterocycles. The van der Waals surface area contributed by atoms with Gasteiger partial charge in [0.15, 0.2) is 0 Å². The molecule has 2 nitrogen and oxygen atoms in total. The Kier molecular flexibility index (Phi) is 4.97. The molecule has 0 saturated heterocycles. The summed E-state index contributed by atoms with van der Waals surface area (Å²) in [5.41, 5.74) is 0. The van der Waals surface area contributed by atoms with Gasteiger partial charge in [-0.05, 0) is 33.1 Å². The Bertz CT molecular complexity index is 236. The average Bonchev–Trinajstić information content (AvgIpc) is 2.18. The van der Waals surface area contributed by atoms with E-state index in [2.05, 4.69) is 4.40 Å². The topological polar surface area (TPSA) is 29.4 Å². The fourth-order valence-corrected chi connectivity index (χ4v) is 2.38. The van der Waals surface area contributed by atoms with Crippen molar-refractivity contribution in [3.05, 3.63) is 0 Å². The van der Waals surface area contributed by atoms with Gasteiger partial charge in [0.25, 0.3) is 0 Å². The predicted octanol–water partition coefficient (Wildman–Crippen LogP) is 3.49. The monoisotopic (exact) mass is 229 g/mol. The third kappa shape index (κ3) is 4.92. The molecule has 0 unspecified atom stereocenters. The lowest BCUT2D eigenvalue weighted by Crippen LogP contribution is -2.19. The van der Waals surface area contributed by atoms with E-state index in [0.29, 0.717) is 0 Å². The molecule has 0 aliphatic heterocycles. The van der Waals surface area contributed by atoms with Crippen LogP contribution in [0.4, 0.5) is 0 Å². The maximum absolute atomic E-state index is 11.6.